The third-order valence-electron chi connectivity index (χ3n) is 4.69. The van der Waals surface area contributed by atoms with E-state index in [2.05, 4.69) is 10.6 Å². The second-order valence-electron chi connectivity index (χ2n) is 8.05. The van der Waals surface area contributed by atoms with Crippen molar-refractivity contribution in [3.05, 3.63) is 59.4 Å². The Balaban J connectivity index is 1.64. The maximum Gasteiger partial charge on any atom is 0.229 e. The van der Waals surface area contributed by atoms with Gasteiger partial charge >= 0.3 is 0 Å². The second-order valence-corrected chi connectivity index (χ2v) is 8.05. The van der Waals surface area contributed by atoms with E-state index in [1.54, 1.807) is 30.3 Å². The van der Waals surface area contributed by atoms with Gasteiger partial charge in [0.2, 0.25) is 11.8 Å². The Kier molecular flexibility index (Phi) is 5.68. The molecule has 1 aliphatic rings. The molecule has 1 unspecified atom stereocenters. The lowest BCUT2D eigenvalue weighted by atomic mass is 9.94. The van der Waals surface area contributed by atoms with Crippen molar-refractivity contribution < 1.29 is 18.7 Å². The predicted octanol–water partition coefficient (Wildman–Crippen LogP) is 3.68. The molecule has 2 aromatic rings. The van der Waals surface area contributed by atoms with Crippen LogP contribution < -0.4 is 15.4 Å². The number of halogens is 1. The summed E-state index contributed by atoms with van der Waals surface area (Å²) >= 11 is 0. The summed E-state index contributed by atoms with van der Waals surface area (Å²) in [6.45, 7) is 5.94. The highest BCUT2D eigenvalue weighted by Gasteiger charge is 2.27. The van der Waals surface area contributed by atoms with Gasteiger partial charge in [-0.15, -0.1) is 0 Å². The standard InChI is InChI=1S/C22H25FN2O3/c1-22(2,3)21(27)25-17-8-9-19-15(11-17)10-16(13-28-19)20(26)24-12-14-6-4-5-7-18(14)23/h4-9,11,16H,10,12-13H2,1-3H3,(H,24,26)(H,25,27). The molecule has 0 fully saturated rings. The van der Waals surface area contributed by atoms with Crippen LogP contribution in [0.15, 0.2) is 42.5 Å². The number of carbonyl (C=O) groups is 2. The fourth-order valence-electron chi connectivity index (χ4n) is 2.93. The number of fused-ring (bicyclic) bond motifs is 1. The minimum atomic E-state index is -0.498. The number of ether oxygens (including phenoxy) is 1. The molecular weight excluding hydrogens is 359 g/mol. The van der Waals surface area contributed by atoms with Crippen molar-refractivity contribution in [3.63, 3.8) is 0 Å². The number of rotatable bonds is 4. The SMILES string of the molecule is CC(C)(C)C(=O)Nc1ccc2c(c1)CC(C(=O)NCc1ccccc1F)CO2. The summed E-state index contributed by atoms with van der Waals surface area (Å²) in [7, 11) is 0. The molecule has 2 amide bonds. The largest absolute Gasteiger partial charge is 0.492 e. The summed E-state index contributed by atoms with van der Waals surface area (Å²) in [5.41, 5.74) is 1.49. The highest BCUT2D eigenvalue weighted by Crippen LogP contribution is 2.30. The normalized spacial score (nSPS) is 15.9. The Morgan fingerprint density at radius 3 is 2.64 bits per heavy atom. The fourth-order valence-corrected chi connectivity index (χ4v) is 2.93. The van der Waals surface area contributed by atoms with Gasteiger partial charge in [0, 0.05) is 23.2 Å². The van der Waals surface area contributed by atoms with Crippen molar-refractivity contribution >= 4 is 17.5 Å². The van der Waals surface area contributed by atoms with E-state index in [-0.39, 0.29) is 36.7 Å². The molecule has 1 aliphatic heterocycles. The lowest BCUT2D eigenvalue weighted by Crippen LogP contribution is -2.37. The van der Waals surface area contributed by atoms with Gasteiger partial charge in [-0.2, -0.15) is 0 Å². The van der Waals surface area contributed by atoms with Gasteiger partial charge in [-0.1, -0.05) is 39.0 Å². The molecule has 0 bridgehead atoms. The van der Waals surface area contributed by atoms with Crippen molar-refractivity contribution in [2.24, 2.45) is 11.3 Å². The first kappa shape index (κ1) is 19.9. The number of nitrogens with one attached hydrogen (secondary N) is 2. The number of benzene rings is 2. The molecule has 0 saturated carbocycles. The summed E-state index contributed by atoms with van der Waals surface area (Å²) in [5, 5.41) is 5.67. The molecule has 0 saturated heterocycles. The van der Waals surface area contributed by atoms with Gasteiger partial charge in [0.1, 0.15) is 18.2 Å². The number of anilines is 1. The molecular formula is C22H25FN2O3. The smallest absolute Gasteiger partial charge is 0.229 e. The monoisotopic (exact) mass is 384 g/mol. The zero-order valence-electron chi connectivity index (χ0n) is 16.3. The van der Waals surface area contributed by atoms with Gasteiger partial charge in [-0.3, -0.25) is 9.59 Å². The molecule has 28 heavy (non-hydrogen) atoms. The van der Waals surface area contributed by atoms with Crippen LogP contribution in [0.4, 0.5) is 10.1 Å². The zero-order chi connectivity index (χ0) is 20.3. The maximum absolute atomic E-state index is 13.7. The topological polar surface area (TPSA) is 67.4 Å². The van der Waals surface area contributed by atoms with Crippen LogP contribution in [0.25, 0.3) is 0 Å². The number of carbonyl (C=O) groups excluding carboxylic acids is 2. The van der Waals surface area contributed by atoms with E-state index in [4.69, 9.17) is 4.74 Å². The highest BCUT2D eigenvalue weighted by molar-refractivity contribution is 5.94. The molecule has 2 N–H and O–H groups in total. The summed E-state index contributed by atoms with van der Waals surface area (Å²) in [4.78, 5) is 24.7. The average molecular weight is 384 g/mol. The Labute approximate surface area is 164 Å². The van der Waals surface area contributed by atoms with Crippen LogP contribution in [0.5, 0.6) is 5.75 Å². The van der Waals surface area contributed by atoms with E-state index >= 15 is 0 Å². The molecule has 0 aliphatic carbocycles. The molecule has 5 nitrogen and oxygen atoms in total. The first-order valence-corrected chi connectivity index (χ1v) is 9.32. The van der Waals surface area contributed by atoms with Crippen LogP contribution >= 0.6 is 0 Å². The third-order valence-corrected chi connectivity index (χ3v) is 4.69. The van der Waals surface area contributed by atoms with Gasteiger partial charge in [0.05, 0.1) is 5.92 Å². The van der Waals surface area contributed by atoms with Crippen molar-refractivity contribution in [2.45, 2.75) is 33.7 Å². The van der Waals surface area contributed by atoms with E-state index < -0.39 is 5.41 Å². The van der Waals surface area contributed by atoms with Crippen molar-refractivity contribution in [2.75, 3.05) is 11.9 Å². The Bertz CT molecular complexity index is 890. The third kappa shape index (κ3) is 4.68. The molecule has 1 heterocycles. The summed E-state index contributed by atoms with van der Waals surface area (Å²) < 4.78 is 19.4. The van der Waals surface area contributed by atoms with Gasteiger partial charge in [0.25, 0.3) is 0 Å². The number of hydrogen-bond acceptors (Lipinski definition) is 3. The first-order valence-electron chi connectivity index (χ1n) is 9.32. The maximum atomic E-state index is 13.7. The van der Waals surface area contributed by atoms with Crippen LogP contribution in [0, 0.1) is 17.2 Å². The van der Waals surface area contributed by atoms with E-state index in [1.807, 2.05) is 26.8 Å². The minimum absolute atomic E-state index is 0.0802. The molecule has 148 valence electrons. The lowest BCUT2D eigenvalue weighted by molar-refractivity contribution is -0.126. The Hall–Kier alpha value is -2.89. The lowest BCUT2D eigenvalue weighted by Gasteiger charge is -2.25. The van der Waals surface area contributed by atoms with Crippen LogP contribution in [0.3, 0.4) is 0 Å². The Morgan fingerprint density at radius 2 is 1.93 bits per heavy atom. The average Bonchev–Trinajstić information content (AvgIpc) is 2.65. The quantitative estimate of drug-likeness (QED) is 0.845. The number of hydrogen-bond donors (Lipinski definition) is 2. The van der Waals surface area contributed by atoms with Crippen LogP contribution in [0.2, 0.25) is 0 Å². The zero-order valence-corrected chi connectivity index (χ0v) is 16.3. The molecule has 0 radical (unpaired) electrons. The van der Waals surface area contributed by atoms with E-state index in [0.29, 0.717) is 23.4 Å². The Morgan fingerprint density at radius 1 is 1.18 bits per heavy atom. The first-order chi connectivity index (χ1) is 13.2. The van der Waals surface area contributed by atoms with Crippen LogP contribution in [-0.4, -0.2) is 18.4 Å². The molecule has 0 aromatic heterocycles. The molecule has 0 spiro atoms. The van der Waals surface area contributed by atoms with Gasteiger partial charge in [-0.25, -0.2) is 4.39 Å². The van der Waals surface area contributed by atoms with Crippen molar-refractivity contribution in [3.8, 4) is 5.75 Å². The minimum Gasteiger partial charge on any atom is -0.492 e. The van der Waals surface area contributed by atoms with E-state index in [9.17, 15) is 14.0 Å². The molecule has 3 rings (SSSR count). The highest BCUT2D eigenvalue weighted by atomic mass is 19.1. The summed E-state index contributed by atoms with van der Waals surface area (Å²) in [5.74, 6) is -0.256. The number of amides is 2. The van der Waals surface area contributed by atoms with Crippen molar-refractivity contribution in [1.82, 2.24) is 5.32 Å². The van der Waals surface area contributed by atoms with Crippen LogP contribution in [-0.2, 0) is 22.6 Å². The summed E-state index contributed by atoms with van der Waals surface area (Å²) in [6, 6.07) is 11.8. The van der Waals surface area contributed by atoms with Gasteiger partial charge in [-0.05, 0) is 36.2 Å². The van der Waals surface area contributed by atoms with E-state index in [0.717, 1.165) is 5.56 Å². The van der Waals surface area contributed by atoms with Crippen molar-refractivity contribution in [1.29, 1.82) is 0 Å². The molecule has 6 heteroatoms. The van der Waals surface area contributed by atoms with Crippen LogP contribution in [0.1, 0.15) is 31.9 Å². The summed E-state index contributed by atoms with van der Waals surface area (Å²) in [6.07, 6.45) is 0.498. The molecule has 2 aromatic carbocycles. The molecule has 1 atom stereocenters. The fraction of sp³-hybridized carbons (Fsp3) is 0.364. The van der Waals surface area contributed by atoms with Gasteiger partial charge in [0.15, 0.2) is 0 Å². The predicted molar refractivity (Wildman–Crippen MR) is 105 cm³/mol. The second kappa shape index (κ2) is 8.00. The van der Waals surface area contributed by atoms with Gasteiger partial charge < -0.3 is 15.4 Å². The van der Waals surface area contributed by atoms with E-state index in [1.165, 1.54) is 6.07 Å².